The second kappa shape index (κ2) is 6.31. The minimum atomic E-state index is -0.908. The van der Waals surface area contributed by atoms with Gasteiger partial charge in [0.1, 0.15) is 0 Å². The van der Waals surface area contributed by atoms with Crippen LogP contribution in [0.4, 0.5) is 8.78 Å². The zero-order valence-electron chi connectivity index (χ0n) is 11.6. The molecule has 1 saturated heterocycles. The van der Waals surface area contributed by atoms with Gasteiger partial charge in [0.2, 0.25) is 5.91 Å². The zero-order chi connectivity index (χ0) is 14.7. The second-order valence-corrected chi connectivity index (χ2v) is 5.44. The first-order chi connectivity index (χ1) is 9.51. The number of likely N-dealkylation sites (tertiary alicyclic amines) is 1. The largest absolute Gasteiger partial charge is 0.340 e. The van der Waals surface area contributed by atoms with Crippen molar-refractivity contribution in [2.45, 2.75) is 32.2 Å². The van der Waals surface area contributed by atoms with Crippen LogP contribution in [0.15, 0.2) is 18.2 Å². The molecule has 0 aromatic heterocycles. The van der Waals surface area contributed by atoms with E-state index in [4.69, 9.17) is 5.73 Å². The van der Waals surface area contributed by atoms with E-state index in [0.717, 1.165) is 25.0 Å². The van der Waals surface area contributed by atoms with Gasteiger partial charge in [-0.25, -0.2) is 8.78 Å². The molecule has 2 rings (SSSR count). The van der Waals surface area contributed by atoms with Gasteiger partial charge in [-0.2, -0.15) is 0 Å². The fourth-order valence-corrected chi connectivity index (χ4v) is 2.72. The van der Waals surface area contributed by atoms with E-state index in [9.17, 15) is 13.6 Å². The van der Waals surface area contributed by atoms with Crippen LogP contribution in [0.3, 0.4) is 0 Å². The normalized spacial score (nSPS) is 20.5. The van der Waals surface area contributed by atoms with Crippen molar-refractivity contribution in [3.05, 3.63) is 35.4 Å². The van der Waals surface area contributed by atoms with E-state index < -0.39 is 17.7 Å². The Kier molecular flexibility index (Phi) is 4.70. The molecule has 110 valence electrons. The van der Waals surface area contributed by atoms with Crippen LogP contribution in [-0.4, -0.2) is 23.9 Å². The maximum Gasteiger partial charge on any atom is 0.222 e. The number of nitrogens with two attached hydrogens (primary N) is 1. The molecule has 0 radical (unpaired) electrons. The number of rotatable bonds is 5. The number of amides is 1. The molecule has 0 bridgehead atoms. The monoisotopic (exact) mass is 282 g/mol. The highest BCUT2D eigenvalue weighted by atomic mass is 19.2. The minimum Gasteiger partial charge on any atom is -0.340 e. The Morgan fingerprint density at radius 2 is 2.15 bits per heavy atom. The van der Waals surface area contributed by atoms with Crippen molar-refractivity contribution in [1.29, 1.82) is 0 Å². The maximum atomic E-state index is 13.2. The summed E-state index contributed by atoms with van der Waals surface area (Å²) in [5, 5.41) is 0. The predicted molar refractivity (Wildman–Crippen MR) is 72.9 cm³/mol. The fourth-order valence-electron chi connectivity index (χ4n) is 2.72. The Hall–Kier alpha value is -1.49. The highest BCUT2D eigenvalue weighted by molar-refractivity contribution is 5.78. The van der Waals surface area contributed by atoms with Crippen LogP contribution in [-0.2, 0) is 4.79 Å². The summed E-state index contributed by atoms with van der Waals surface area (Å²) in [5.74, 6) is -1.30. The van der Waals surface area contributed by atoms with Gasteiger partial charge in [0, 0.05) is 25.6 Å². The highest BCUT2D eigenvalue weighted by Gasteiger charge is 2.30. The van der Waals surface area contributed by atoms with Gasteiger partial charge in [-0.3, -0.25) is 4.79 Å². The predicted octanol–water partition coefficient (Wildman–Crippen LogP) is 2.61. The molecule has 3 nitrogen and oxygen atoms in total. The summed E-state index contributed by atoms with van der Waals surface area (Å²) in [5.41, 5.74) is 6.50. The van der Waals surface area contributed by atoms with Gasteiger partial charge in [-0.05, 0) is 30.0 Å². The summed E-state index contributed by atoms with van der Waals surface area (Å²) in [7, 11) is 0. The summed E-state index contributed by atoms with van der Waals surface area (Å²) >= 11 is 0. The van der Waals surface area contributed by atoms with Gasteiger partial charge in [0.05, 0.1) is 0 Å². The van der Waals surface area contributed by atoms with Crippen molar-refractivity contribution in [3.63, 3.8) is 0 Å². The lowest BCUT2D eigenvalue weighted by Crippen LogP contribution is -2.33. The average Bonchev–Trinajstić information content (AvgIpc) is 2.73. The van der Waals surface area contributed by atoms with Crippen LogP contribution in [0.2, 0.25) is 0 Å². The molecule has 2 unspecified atom stereocenters. The number of hydrogen-bond acceptors (Lipinski definition) is 2. The molecule has 2 atom stereocenters. The van der Waals surface area contributed by atoms with Gasteiger partial charge < -0.3 is 10.6 Å². The van der Waals surface area contributed by atoms with E-state index >= 15 is 0 Å². The van der Waals surface area contributed by atoms with E-state index in [1.165, 1.54) is 6.07 Å². The van der Waals surface area contributed by atoms with Gasteiger partial charge in [-0.15, -0.1) is 0 Å². The van der Waals surface area contributed by atoms with Crippen molar-refractivity contribution in [1.82, 2.24) is 4.90 Å². The average molecular weight is 282 g/mol. The number of carbonyl (C=O) groups is 1. The van der Waals surface area contributed by atoms with Crippen LogP contribution < -0.4 is 5.73 Å². The van der Waals surface area contributed by atoms with Crippen molar-refractivity contribution in [2.75, 3.05) is 13.1 Å². The lowest BCUT2D eigenvalue weighted by molar-refractivity contribution is -0.127. The lowest BCUT2D eigenvalue weighted by atomic mass is 10.0. The molecule has 1 aromatic rings. The zero-order valence-corrected chi connectivity index (χ0v) is 11.6. The van der Waals surface area contributed by atoms with Crippen LogP contribution in [0.25, 0.3) is 0 Å². The van der Waals surface area contributed by atoms with Crippen molar-refractivity contribution in [3.8, 4) is 0 Å². The second-order valence-electron chi connectivity index (χ2n) is 5.44. The van der Waals surface area contributed by atoms with Gasteiger partial charge in [0.25, 0.3) is 0 Å². The molecule has 2 N–H and O–H groups in total. The summed E-state index contributed by atoms with van der Waals surface area (Å²) in [6.07, 6.45) is 2.65. The van der Waals surface area contributed by atoms with Crippen molar-refractivity contribution < 1.29 is 13.6 Å². The van der Waals surface area contributed by atoms with Crippen LogP contribution in [0, 0.1) is 17.6 Å². The summed E-state index contributed by atoms with van der Waals surface area (Å²) in [6.45, 7) is 3.16. The molecule has 1 amide bonds. The van der Waals surface area contributed by atoms with Gasteiger partial charge in [0.15, 0.2) is 11.6 Å². The molecule has 1 fully saturated rings. The van der Waals surface area contributed by atoms with Crippen LogP contribution in [0.1, 0.15) is 37.8 Å². The molecule has 1 aliphatic rings. The highest BCUT2D eigenvalue weighted by Crippen LogP contribution is 2.24. The molecule has 20 heavy (non-hydrogen) atoms. The Bertz CT molecular complexity index is 493. The van der Waals surface area contributed by atoms with E-state index in [1.54, 1.807) is 4.90 Å². The maximum absolute atomic E-state index is 13.2. The third kappa shape index (κ3) is 3.33. The van der Waals surface area contributed by atoms with Crippen LogP contribution >= 0.6 is 0 Å². The minimum absolute atomic E-state index is 0.0986. The quantitative estimate of drug-likeness (QED) is 0.902. The first kappa shape index (κ1) is 14.9. The molecule has 1 heterocycles. The number of nitrogens with zero attached hydrogens (tertiary/aromatic N) is 1. The molecule has 5 heteroatoms. The SMILES string of the molecule is CCCC1CC(=O)N(CC(N)c2ccc(F)c(F)c2)C1. The Morgan fingerprint density at radius 3 is 2.80 bits per heavy atom. The number of hydrogen-bond donors (Lipinski definition) is 1. The smallest absolute Gasteiger partial charge is 0.222 e. The fraction of sp³-hybridized carbons (Fsp3) is 0.533. The first-order valence-corrected chi connectivity index (χ1v) is 6.99. The lowest BCUT2D eigenvalue weighted by Gasteiger charge is -2.21. The third-order valence-corrected chi connectivity index (χ3v) is 3.78. The molecule has 0 saturated carbocycles. The molecular weight excluding hydrogens is 262 g/mol. The molecular formula is C15H20F2N2O. The van der Waals surface area contributed by atoms with E-state index in [1.807, 2.05) is 0 Å². The summed E-state index contributed by atoms with van der Waals surface area (Å²) < 4.78 is 26.1. The van der Waals surface area contributed by atoms with Crippen molar-refractivity contribution in [2.24, 2.45) is 11.7 Å². The molecule has 1 aromatic carbocycles. The Balaban J connectivity index is 1.99. The summed E-state index contributed by atoms with van der Waals surface area (Å²) in [6, 6.07) is 3.14. The Labute approximate surface area is 117 Å². The summed E-state index contributed by atoms with van der Waals surface area (Å²) in [4.78, 5) is 13.6. The van der Waals surface area contributed by atoms with E-state index in [2.05, 4.69) is 6.92 Å². The standard InChI is InChI=1S/C15H20F2N2O/c1-2-3-10-6-15(20)19(8-10)9-14(18)11-4-5-12(16)13(17)7-11/h4-5,7,10,14H,2-3,6,8-9,18H2,1H3. The van der Waals surface area contributed by atoms with Crippen molar-refractivity contribution >= 4 is 5.91 Å². The van der Waals surface area contributed by atoms with Crippen LogP contribution in [0.5, 0.6) is 0 Å². The topological polar surface area (TPSA) is 46.3 Å². The van der Waals surface area contributed by atoms with E-state index in [-0.39, 0.29) is 5.91 Å². The molecule has 0 aliphatic carbocycles. The number of benzene rings is 1. The molecule has 1 aliphatic heterocycles. The third-order valence-electron chi connectivity index (χ3n) is 3.78. The Morgan fingerprint density at radius 1 is 1.40 bits per heavy atom. The number of halogens is 2. The first-order valence-electron chi connectivity index (χ1n) is 6.99. The van der Waals surface area contributed by atoms with Gasteiger partial charge in [-0.1, -0.05) is 19.4 Å². The number of carbonyl (C=O) groups excluding carboxylic acids is 1. The molecule has 0 spiro atoms. The van der Waals surface area contributed by atoms with Gasteiger partial charge >= 0.3 is 0 Å². The van der Waals surface area contributed by atoms with E-state index in [0.29, 0.717) is 31.0 Å².